The van der Waals surface area contributed by atoms with Gasteiger partial charge >= 0.3 is 0 Å². The average molecular weight is 178 g/mol. The van der Waals surface area contributed by atoms with Gasteiger partial charge < -0.3 is 0 Å². The molecule has 0 amide bonds. The van der Waals surface area contributed by atoms with E-state index in [1.165, 1.54) is 0 Å². The molecule has 0 aliphatic rings. The lowest BCUT2D eigenvalue weighted by Crippen LogP contribution is -1.77. The van der Waals surface area contributed by atoms with E-state index in [1.807, 2.05) is 48.5 Å². The highest BCUT2D eigenvalue weighted by atomic mass is 14.2. The Bertz CT molecular complexity index is 449. The Kier molecular flexibility index (Phi) is 2.29. The molecular weight excluding hydrogens is 170 g/mol. The molecule has 2 aromatic carbocycles. The van der Waals surface area contributed by atoms with Gasteiger partial charge in [0, 0.05) is 0 Å². The van der Waals surface area contributed by atoms with E-state index in [9.17, 15) is 0 Å². The van der Waals surface area contributed by atoms with Crippen LogP contribution in [0.15, 0.2) is 48.5 Å². The van der Waals surface area contributed by atoms with Gasteiger partial charge in [-0.3, -0.25) is 0 Å². The van der Waals surface area contributed by atoms with Crippen LogP contribution < -0.4 is 0 Å². The van der Waals surface area contributed by atoms with Gasteiger partial charge in [-0.25, -0.2) is 0 Å². The molecule has 0 aliphatic carbocycles. The van der Waals surface area contributed by atoms with Gasteiger partial charge in [0.15, 0.2) is 0 Å². The fourth-order valence-electron chi connectivity index (χ4n) is 1.31. The van der Waals surface area contributed by atoms with Crippen LogP contribution >= 0.6 is 0 Å². The normalized spacial score (nSPS) is 9.36. The minimum Gasteiger partial charge on any atom is -0.192 e. The van der Waals surface area contributed by atoms with E-state index in [-0.39, 0.29) is 0 Å². The molecule has 0 aliphatic heterocycles. The first-order valence-corrected chi connectivity index (χ1v) is 4.37. The summed E-state index contributed by atoms with van der Waals surface area (Å²) < 4.78 is 0. The van der Waals surface area contributed by atoms with Crippen LogP contribution in [0.1, 0.15) is 5.56 Å². The van der Waals surface area contributed by atoms with Gasteiger partial charge in [0.1, 0.15) is 0 Å². The smallest absolute Gasteiger partial charge is 0.0991 e. The molecule has 1 nitrogen and oxygen atoms in total. The molecule has 0 bridgehead atoms. The lowest BCUT2D eigenvalue weighted by Gasteiger charge is -1.99. The Morgan fingerprint density at radius 3 is 2.36 bits per heavy atom. The van der Waals surface area contributed by atoms with Crippen molar-refractivity contribution in [2.75, 3.05) is 0 Å². The van der Waals surface area contributed by atoms with Crippen molar-refractivity contribution in [3.63, 3.8) is 0 Å². The van der Waals surface area contributed by atoms with Crippen LogP contribution in [-0.2, 0) is 0 Å². The molecule has 14 heavy (non-hydrogen) atoms. The van der Waals surface area contributed by atoms with E-state index in [0.717, 1.165) is 11.1 Å². The lowest BCUT2D eigenvalue weighted by atomic mass is 10.0. The Balaban J connectivity index is 2.40. The monoisotopic (exact) mass is 178 g/mol. The van der Waals surface area contributed by atoms with E-state index >= 15 is 0 Å². The first kappa shape index (κ1) is 8.52. The average Bonchev–Trinajstić information content (AvgIpc) is 2.30. The molecule has 0 atom stereocenters. The van der Waals surface area contributed by atoms with Crippen LogP contribution in [0.25, 0.3) is 11.1 Å². The summed E-state index contributed by atoms with van der Waals surface area (Å²) in [6.07, 6.45) is 0. The summed E-state index contributed by atoms with van der Waals surface area (Å²) in [7, 11) is 0. The minimum atomic E-state index is 0.689. The summed E-state index contributed by atoms with van der Waals surface area (Å²) >= 11 is 0. The number of nitrogens with zero attached hydrogens (tertiary/aromatic N) is 1. The summed E-state index contributed by atoms with van der Waals surface area (Å²) in [5.41, 5.74) is 2.92. The SMILES string of the molecule is N#Cc1ccc(-c2c[c]ccc2)cc1. The molecule has 0 heterocycles. The molecule has 0 unspecified atom stereocenters. The number of nitriles is 1. The van der Waals surface area contributed by atoms with Crippen molar-refractivity contribution in [3.05, 3.63) is 60.2 Å². The lowest BCUT2D eigenvalue weighted by molar-refractivity contribution is 1.48. The fraction of sp³-hybridized carbons (Fsp3) is 0. The molecule has 2 aromatic rings. The maximum Gasteiger partial charge on any atom is 0.0991 e. The predicted molar refractivity (Wildman–Crippen MR) is 55.4 cm³/mol. The number of hydrogen-bond acceptors (Lipinski definition) is 1. The van der Waals surface area contributed by atoms with Gasteiger partial charge in [-0.05, 0) is 35.4 Å². The van der Waals surface area contributed by atoms with Gasteiger partial charge in [-0.15, -0.1) is 0 Å². The molecule has 0 aromatic heterocycles. The number of hydrogen-bond donors (Lipinski definition) is 0. The van der Waals surface area contributed by atoms with Crippen molar-refractivity contribution in [1.29, 1.82) is 5.26 Å². The summed E-state index contributed by atoms with van der Waals surface area (Å²) in [5, 5.41) is 8.64. The molecule has 1 heteroatoms. The van der Waals surface area contributed by atoms with Gasteiger partial charge in [-0.1, -0.05) is 30.3 Å². The molecule has 2 rings (SSSR count). The van der Waals surface area contributed by atoms with E-state index in [2.05, 4.69) is 12.1 Å². The molecule has 0 fully saturated rings. The maximum atomic E-state index is 8.64. The van der Waals surface area contributed by atoms with Crippen molar-refractivity contribution in [2.45, 2.75) is 0 Å². The Labute approximate surface area is 83.2 Å². The van der Waals surface area contributed by atoms with Crippen LogP contribution in [0.2, 0.25) is 0 Å². The largest absolute Gasteiger partial charge is 0.192 e. The third kappa shape index (κ3) is 1.65. The molecule has 1 radical (unpaired) electrons. The van der Waals surface area contributed by atoms with E-state index in [0.29, 0.717) is 5.56 Å². The number of rotatable bonds is 1. The van der Waals surface area contributed by atoms with E-state index < -0.39 is 0 Å². The summed E-state index contributed by atoms with van der Waals surface area (Å²) in [5.74, 6) is 0. The third-order valence-corrected chi connectivity index (χ3v) is 2.05. The van der Waals surface area contributed by atoms with Crippen LogP contribution in [0, 0.1) is 17.4 Å². The summed E-state index contributed by atoms with van der Waals surface area (Å²) in [6.45, 7) is 0. The zero-order valence-electron chi connectivity index (χ0n) is 7.57. The second-order valence-electron chi connectivity index (χ2n) is 2.98. The van der Waals surface area contributed by atoms with Crippen molar-refractivity contribution < 1.29 is 0 Å². The highest BCUT2D eigenvalue weighted by Crippen LogP contribution is 2.18. The third-order valence-electron chi connectivity index (χ3n) is 2.05. The van der Waals surface area contributed by atoms with Crippen molar-refractivity contribution in [2.24, 2.45) is 0 Å². The molecule has 0 saturated carbocycles. The highest BCUT2D eigenvalue weighted by Gasteiger charge is 1.95. The summed E-state index contributed by atoms with van der Waals surface area (Å²) in [6, 6.07) is 20.4. The number of benzene rings is 2. The molecule has 0 spiro atoms. The topological polar surface area (TPSA) is 23.8 Å². The van der Waals surface area contributed by atoms with Crippen molar-refractivity contribution in [1.82, 2.24) is 0 Å². The predicted octanol–water partition coefficient (Wildman–Crippen LogP) is 3.03. The van der Waals surface area contributed by atoms with E-state index in [4.69, 9.17) is 5.26 Å². The second kappa shape index (κ2) is 3.76. The molecular formula is C13H8N. The summed E-state index contributed by atoms with van der Waals surface area (Å²) in [4.78, 5) is 0. The van der Waals surface area contributed by atoms with Crippen LogP contribution in [0.5, 0.6) is 0 Å². The zero-order valence-corrected chi connectivity index (χ0v) is 7.57. The fourth-order valence-corrected chi connectivity index (χ4v) is 1.31. The Morgan fingerprint density at radius 2 is 1.79 bits per heavy atom. The van der Waals surface area contributed by atoms with Crippen LogP contribution in [-0.4, -0.2) is 0 Å². The molecule has 65 valence electrons. The molecule has 0 saturated heterocycles. The quantitative estimate of drug-likeness (QED) is 0.658. The first-order chi connectivity index (χ1) is 6.90. The standard InChI is InChI=1S/C13H8N/c14-10-11-6-8-13(9-7-11)12-4-2-1-3-5-12/h1-2,4-9H. The minimum absolute atomic E-state index is 0.689. The zero-order chi connectivity index (χ0) is 9.80. The maximum absolute atomic E-state index is 8.64. The van der Waals surface area contributed by atoms with Gasteiger partial charge in [0.05, 0.1) is 11.6 Å². The highest BCUT2D eigenvalue weighted by molar-refractivity contribution is 5.63. The van der Waals surface area contributed by atoms with Crippen LogP contribution in [0.4, 0.5) is 0 Å². The van der Waals surface area contributed by atoms with E-state index in [1.54, 1.807) is 0 Å². The van der Waals surface area contributed by atoms with Crippen LogP contribution in [0.3, 0.4) is 0 Å². The Morgan fingerprint density at radius 1 is 1.00 bits per heavy atom. The first-order valence-electron chi connectivity index (χ1n) is 4.37. The van der Waals surface area contributed by atoms with Gasteiger partial charge in [0.2, 0.25) is 0 Å². The Hall–Kier alpha value is -2.07. The van der Waals surface area contributed by atoms with Gasteiger partial charge in [0.25, 0.3) is 0 Å². The van der Waals surface area contributed by atoms with Crippen molar-refractivity contribution in [3.8, 4) is 17.2 Å². The van der Waals surface area contributed by atoms with Gasteiger partial charge in [-0.2, -0.15) is 5.26 Å². The molecule has 0 N–H and O–H groups in total. The van der Waals surface area contributed by atoms with Crippen molar-refractivity contribution >= 4 is 0 Å². The second-order valence-corrected chi connectivity index (χ2v) is 2.98.